The molecule has 3 N–H and O–H groups in total. The second-order valence-corrected chi connectivity index (χ2v) is 10.3. The van der Waals surface area contributed by atoms with Crippen LogP contribution < -0.4 is 5.73 Å². The lowest BCUT2D eigenvalue weighted by Gasteiger charge is -2.37. The monoisotopic (exact) mass is 486 g/mol. The minimum Gasteiger partial charge on any atom is -0.465 e. The Morgan fingerprint density at radius 1 is 1.11 bits per heavy atom. The Morgan fingerprint density at radius 2 is 1.94 bits per heavy atom. The van der Waals surface area contributed by atoms with Crippen LogP contribution in [0.15, 0.2) is 52.9 Å². The molecule has 2 saturated heterocycles. The predicted octanol–water partition coefficient (Wildman–Crippen LogP) is 5.40. The molecule has 5 aromatic heterocycles. The van der Waals surface area contributed by atoms with Gasteiger partial charge in [0.15, 0.2) is 11.4 Å². The Kier molecular flexibility index (Phi) is 4.41. The van der Waals surface area contributed by atoms with Crippen molar-refractivity contribution in [3.63, 3.8) is 0 Å². The molecule has 0 radical (unpaired) electrons. The van der Waals surface area contributed by atoms with Crippen molar-refractivity contribution in [3.8, 4) is 22.5 Å². The summed E-state index contributed by atoms with van der Waals surface area (Å²) in [6, 6.07) is 4.33. The average Bonchev–Trinajstić information content (AvgIpc) is 3.63. The number of anilines is 1. The number of thiophene rings is 1. The molecule has 0 aliphatic carbocycles. The zero-order valence-corrected chi connectivity index (χ0v) is 19.5. The van der Waals surface area contributed by atoms with Crippen LogP contribution in [-0.2, 0) is 0 Å². The molecule has 9 nitrogen and oxygen atoms in total. The van der Waals surface area contributed by atoms with Crippen molar-refractivity contribution in [1.82, 2.24) is 24.6 Å². The van der Waals surface area contributed by atoms with E-state index in [0.717, 1.165) is 63.6 Å². The predicted molar refractivity (Wildman–Crippen MR) is 133 cm³/mol. The van der Waals surface area contributed by atoms with Crippen LogP contribution in [0.2, 0.25) is 0 Å². The van der Waals surface area contributed by atoms with Gasteiger partial charge in [0.05, 0.1) is 16.9 Å². The van der Waals surface area contributed by atoms with Gasteiger partial charge in [-0.15, -0.1) is 11.3 Å². The topological polar surface area (TPSA) is 123 Å². The van der Waals surface area contributed by atoms with Crippen LogP contribution in [0, 0.1) is 0 Å². The molecule has 7 rings (SSSR count). The van der Waals surface area contributed by atoms with E-state index >= 15 is 0 Å². The van der Waals surface area contributed by atoms with E-state index in [9.17, 15) is 9.90 Å². The fourth-order valence-electron chi connectivity index (χ4n) is 5.83. The van der Waals surface area contributed by atoms with Crippen LogP contribution in [0.4, 0.5) is 10.6 Å². The van der Waals surface area contributed by atoms with Crippen LogP contribution >= 0.6 is 11.3 Å². The summed E-state index contributed by atoms with van der Waals surface area (Å²) in [6.07, 6.45) is 11.9. The molecule has 2 atom stereocenters. The van der Waals surface area contributed by atoms with E-state index in [1.807, 2.05) is 35.4 Å². The summed E-state index contributed by atoms with van der Waals surface area (Å²) in [6.45, 7) is 0. The third-order valence-electron chi connectivity index (χ3n) is 7.45. The van der Waals surface area contributed by atoms with Gasteiger partial charge in [0.2, 0.25) is 0 Å². The number of fused-ring (bicyclic) bond motifs is 4. The Hall–Kier alpha value is -3.92. The molecule has 176 valence electrons. The number of amides is 1. The Morgan fingerprint density at radius 3 is 2.74 bits per heavy atom. The van der Waals surface area contributed by atoms with Crippen LogP contribution in [-0.4, -0.2) is 47.9 Å². The lowest BCUT2D eigenvalue weighted by molar-refractivity contribution is 0.0845. The van der Waals surface area contributed by atoms with Crippen molar-refractivity contribution in [2.45, 2.75) is 43.8 Å². The normalized spacial score (nSPS) is 21.8. The fourth-order valence-corrected chi connectivity index (χ4v) is 6.75. The number of piperidine rings is 1. The largest absolute Gasteiger partial charge is 0.465 e. The zero-order chi connectivity index (χ0) is 23.7. The summed E-state index contributed by atoms with van der Waals surface area (Å²) in [5.74, 6) is 1.09. The lowest BCUT2D eigenvalue weighted by atomic mass is 9.98. The highest BCUT2D eigenvalue weighted by atomic mass is 32.1. The molecular weight excluding hydrogens is 464 g/mol. The highest BCUT2D eigenvalue weighted by molar-refractivity contribution is 7.17. The summed E-state index contributed by atoms with van der Waals surface area (Å²) in [7, 11) is 0. The Bertz CT molecular complexity index is 1590. The number of aromatic nitrogens is 4. The van der Waals surface area contributed by atoms with E-state index in [0.29, 0.717) is 11.4 Å². The third kappa shape index (κ3) is 3.13. The smallest absolute Gasteiger partial charge is 0.407 e. The van der Waals surface area contributed by atoms with Gasteiger partial charge >= 0.3 is 6.09 Å². The molecule has 0 aromatic carbocycles. The lowest BCUT2D eigenvalue weighted by Crippen LogP contribution is -2.46. The van der Waals surface area contributed by atoms with Gasteiger partial charge in [-0.25, -0.2) is 9.78 Å². The van der Waals surface area contributed by atoms with Gasteiger partial charge in [-0.1, -0.05) is 0 Å². The van der Waals surface area contributed by atoms with E-state index in [4.69, 9.17) is 10.2 Å². The van der Waals surface area contributed by atoms with E-state index in [1.165, 1.54) is 0 Å². The standard InChI is InChI=1S/C25H22N6O3S/c26-24-23-18(7-21(34-23)20-12-35-22-10-27-4-3-17(20)22)19(9-28-24)13-8-29-30(11-13)16-5-14-1-2-15(6-16)31(14)25(32)33/h3-4,7-12,14-16H,1-2,5-6H2,(H2,26,28)(H,32,33). The van der Waals surface area contributed by atoms with Crippen LogP contribution in [0.1, 0.15) is 31.7 Å². The highest BCUT2D eigenvalue weighted by Crippen LogP contribution is 2.43. The van der Waals surface area contributed by atoms with Gasteiger partial charge in [-0.3, -0.25) is 9.67 Å². The van der Waals surface area contributed by atoms with Crippen molar-refractivity contribution in [2.24, 2.45) is 0 Å². The second kappa shape index (κ2) is 7.54. The molecule has 2 unspecified atom stereocenters. The number of nitrogen functional groups attached to an aromatic ring is 1. The molecule has 10 heteroatoms. The Labute approximate surface area is 203 Å². The Balaban J connectivity index is 1.25. The maximum atomic E-state index is 11.6. The third-order valence-corrected chi connectivity index (χ3v) is 8.38. The molecule has 0 spiro atoms. The first-order valence-electron chi connectivity index (χ1n) is 11.6. The number of furan rings is 1. The van der Waals surface area contributed by atoms with Crippen molar-refractivity contribution < 1.29 is 14.3 Å². The number of nitrogens with zero attached hydrogens (tertiary/aromatic N) is 5. The zero-order valence-electron chi connectivity index (χ0n) is 18.7. The summed E-state index contributed by atoms with van der Waals surface area (Å²) in [5.41, 5.74) is 9.60. The van der Waals surface area contributed by atoms with Crippen molar-refractivity contribution in [2.75, 3.05) is 5.73 Å². The molecule has 0 saturated carbocycles. The van der Waals surface area contributed by atoms with Gasteiger partial charge in [0.1, 0.15) is 5.76 Å². The van der Waals surface area contributed by atoms with Gasteiger partial charge in [-0.05, 0) is 37.8 Å². The summed E-state index contributed by atoms with van der Waals surface area (Å²) < 4.78 is 9.30. The molecule has 2 bridgehead atoms. The molecule has 2 aliphatic rings. The minimum absolute atomic E-state index is 0.0702. The minimum atomic E-state index is -0.808. The van der Waals surface area contributed by atoms with Crippen LogP contribution in [0.3, 0.4) is 0 Å². The number of carbonyl (C=O) groups is 1. The molecule has 2 aliphatic heterocycles. The highest BCUT2D eigenvalue weighted by Gasteiger charge is 2.44. The van der Waals surface area contributed by atoms with E-state index in [-0.39, 0.29) is 18.1 Å². The maximum absolute atomic E-state index is 11.6. The van der Waals surface area contributed by atoms with E-state index in [1.54, 1.807) is 28.6 Å². The fraction of sp³-hybridized carbons (Fsp3) is 0.280. The summed E-state index contributed by atoms with van der Waals surface area (Å²) >= 11 is 1.63. The number of pyridine rings is 2. The second-order valence-electron chi connectivity index (χ2n) is 9.34. The quantitative estimate of drug-likeness (QED) is 0.350. The molecule has 7 heterocycles. The van der Waals surface area contributed by atoms with Crippen molar-refractivity contribution in [3.05, 3.63) is 48.5 Å². The number of hydrogen-bond acceptors (Lipinski definition) is 7. The van der Waals surface area contributed by atoms with Gasteiger partial charge in [0, 0.05) is 69.7 Å². The number of hydrogen-bond donors (Lipinski definition) is 2. The number of carboxylic acid groups (broad SMARTS) is 1. The first-order valence-corrected chi connectivity index (χ1v) is 12.5. The molecule has 35 heavy (non-hydrogen) atoms. The molecule has 2 fully saturated rings. The number of rotatable bonds is 3. The average molecular weight is 487 g/mol. The summed E-state index contributed by atoms with van der Waals surface area (Å²) in [5, 5.41) is 18.3. The summed E-state index contributed by atoms with van der Waals surface area (Å²) in [4.78, 5) is 21.9. The van der Waals surface area contributed by atoms with Crippen molar-refractivity contribution in [1.29, 1.82) is 0 Å². The molecule has 5 aromatic rings. The van der Waals surface area contributed by atoms with Gasteiger partial charge in [-0.2, -0.15) is 5.10 Å². The first kappa shape index (κ1) is 20.5. The van der Waals surface area contributed by atoms with E-state index in [2.05, 4.69) is 20.4 Å². The maximum Gasteiger partial charge on any atom is 0.407 e. The van der Waals surface area contributed by atoms with Crippen LogP contribution in [0.5, 0.6) is 0 Å². The molecule has 1 amide bonds. The van der Waals surface area contributed by atoms with Gasteiger partial charge in [0.25, 0.3) is 0 Å². The SMILES string of the molecule is Nc1ncc(-c2cnn(C3CC4CCC(C3)N4C(=O)O)c2)c2cc(-c3csc4cnccc34)oc12. The number of nitrogens with two attached hydrogens (primary N) is 1. The van der Waals surface area contributed by atoms with Crippen molar-refractivity contribution >= 4 is 44.3 Å². The van der Waals surface area contributed by atoms with Crippen LogP contribution in [0.25, 0.3) is 43.5 Å². The molecular formula is C25H22N6O3S. The van der Waals surface area contributed by atoms with Gasteiger partial charge < -0.3 is 20.2 Å². The first-order chi connectivity index (χ1) is 17.1. The van der Waals surface area contributed by atoms with E-state index < -0.39 is 6.09 Å².